The van der Waals surface area contributed by atoms with Gasteiger partial charge < -0.3 is 10.1 Å². The van der Waals surface area contributed by atoms with Crippen LogP contribution in [0.15, 0.2) is 12.1 Å². The molecule has 0 aromatic heterocycles. The molecular formula is C10H10BNO3. The summed E-state index contributed by atoms with van der Waals surface area (Å²) in [5, 5.41) is 2.71. The third kappa shape index (κ3) is 1.60. The molecule has 0 bridgehead atoms. The van der Waals surface area contributed by atoms with Crippen molar-refractivity contribution in [2.45, 2.75) is 6.42 Å². The largest absolute Gasteiger partial charge is 0.465 e. The fraction of sp³-hybridized carbons (Fsp3) is 0.200. The molecular weight excluding hydrogens is 193 g/mol. The minimum atomic E-state index is -0.397. The molecule has 1 aliphatic heterocycles. The molecule has 0 aliphatic carbocycles. The molecule has 0 fully saturated rings. The monoisotopic (exact) mass is 203 g/mol. The molecule has 76 valence electrons. The van der Waals surface area contributed by atoms with Crippen LogP contribution in [0.4, 0.5) is 5.69 Å². The van der Waals surface area contributed by atoms with E-state index in [0.29, 0.717) is 5.56 Å². The van der Waals surface area contributed by atoms with Gasteiger partial charge in [0.05, 0.1) is 19.1 Å². The number of hydrogen-bond acceptors (Lipinski definition) is 3. The van der Waals surface area contributed by atoms with E-state index in [1.54, 1.807) is 6.07 Å². The minimum absolute atomic E-state index is 0.0826. The zero-order chi connectivity index (χ0) is 11.0. The van der Waals surface area contributed by atoms with Crippen LogP contribution >= 0.6 is 0 Å². The van der Waals surface area contributed by atoms with Gasteiger partial charge in [0.15, 0.2) is 0 Å². The Morgan fingerprint density at radius 2 is 2.27 bits per heavy atom. The van der Waals surface area contributed by atoms with E-state index in [2.05, 4.69) is 10.1 Å². The number of amides is 1. The summed E-state index contributed by atoms with van der Waals surface area (Å²) in [7, 11) is 3.21. The number of carbonyl (C=O) groups is 2. The normalized spacial score (nSPS) is 13.3. The summed E-state index contributed by atoms with van der Waals surface area (Å²) in [6, 6.07) is 3.59. The van der Waals surface area contributed by atoms with Gasteiger partial charge in [0.25, 0.3) is 0 Å². The molecule has 1 aromatic rings. The Bertz CT molecular complexity index is 456. The van der Waals surface area contributed by atoms with Crippen molar-refractivity contribution in [2.24, 2.45) is 0 Å². The van der Waals surface area contributed by atoms with Gasteiger partial charge in [-0.25, -0.2) is 4.79 Å². The maximum atomic E-state index is 11.5. The zero-order valence-corrected chi connectivity index (χ0v) is 8.59. The van der Waals surface area contributed by atoms with Gasteiger partial charge >= 0.3 is 5.97 Å². The number of carbonyl (C=O) groups excluding carboxylic acids is 2. The predicted octanol–water partition coefficient (Wildman–Crippen LogP) is -0.774. The maximum Gasteiger partial charge on any atom is 0.338 e. The number of benzene rings is 1. The van der Waals surface area contributed by atoms with E-state index in [4.69, 9.17) is 0 Å². The second-order valence-electron chi connectivity index (χ2n) is 3.56. The summed E-state index contributed by atoms with van der Waals surface area (Å²) in [5.74, 6) is -0.479. The number of esters is 1. The first kappa shape index (κ1) is 9.77. The van der Waals surface area contributed by atoms with Crippen molar-refractivity contribution >= 4 is 30.9 Å². The molecule has 4 nitrogen and oxygen atoms in total. The van der Waals surface area contributed by atoms with Crippen LogP contribution in [0.1, 0.15) is 15.9 Å². The number of nitrogens with one attached hydrogen (secondary N) is 1. The highest BCUT2D eigenvalue weighted by Gasteiger charge is 2.24. The number of anilines is 1. The van der Waals surface area contributed by atoms with E-state index in [0.717, 1.165) is 16.7 Å². The van der Waals surface area contributed by atoms with Gasteiger partial charge in [-0.3, -0.25) is 4.79 Å². The minimum Gasteiger partial charge on any atom is -0.465 e. The molecule has 1 N–H and O–H groups in total. The molecule has 1 amide bonds. The molecule has 15 heavy (non-hydrogen) atoms. The zero-order valence-electron chi connectivity index (χ0n) is 8.59. The third-order valence-corrected chi connectivity index (χ3v) is 2.41. The van der Waals surface area contributed by atoms with Crippen molar-refractivity contribution in [2.75, 3.05) is 12.4 Å². The number of ether oxygens (including phenoxy) is 1. The molecule has 0 atom stereocenters. The van der Waals surface area contributed by atoms with Crippen molar-refractivity contribution in [1.29, 1.82) is 0 Å². The summed E-state index contributed by atoms with van der Waals surface area (Å²) in [4.78, 5) is 22.7. The highest BCUT2D eigenvalue weighted by molar-refractivity contribution is 6.33. The van der Waals surface area contributed by atoms with Crippen molar-refractivity contribution in [3.05, 3.63) is 23.3 Å². The van der Waals surface area contributed by atoms with Gasteiger partial charge in [-0.15, -0.1) is 0 Å². The second-order valence-corrected chi connectivity index (χ2v) is 3.56. The fourth-order valence-electron chi connectivity index (χ4n) is 1.77. The lowest BCUT2D eigenvalue weighted by Gasteiger charge is -2.06. The van der Waals surface area contributed by atoms with Crippen LogP contribution in [0, 0.1) is 0 Å². The highest BCUT2D eigenvalue weighted by Crippen LogP contribution is 2.25. The first-order chi connectivity index (χ1) is 7.11. The van der Waals surface area contributed by atoms with Gasteiger partial charge in [0.1, 0.15) is 7.85 Å². The molecule has 0 saturated heterocycles. The van der Waals surface area contributed by atoms with Gasteiger partial charge in [-0.1, -0.05) is 11.5 Å². The van der Waals surface area contributed by atoms with E-state index < -0.39 is 5.97 Å². The molecule has 1 aromatic carbocycles. The van der Waals surface area contributed by atoms with Crippen molar-refractivity contribution in [3.8, 4) is 0 Å². The van der Waals surface area contributed by atoms with Gasteiger partial charge in [0, 0.05) is 5.69 Å². The molecule has 0 radical (unpaired) electrons. The van der Waals surface area contributed by atoms with E-state index in [1.165, 1.54) is 7.11 Å². The van der Waals surface area contributed by atoms with E-state index in [1.807, 2.05) is 13.9 Å². The first-order valence-corrected chi connectivity index (χ1v) is 4.63. The summed E-state index contributed by atoms with van der Waals surface area (Å²) in [5.41, 5.74) is 2.86. The lowest BCUT2D eigenvalue weighted by atomic mass is 9.91. The van der Waals surface area contributed by atoms with Crippen molar-refractivity contribution in [1.82, 2.24) is 0 Å². The summed E-state index contributed by atoms with van der Waals surface area (Å²) in [6.45, 7) is 0. The Morgan fingerprint density at radius 1 is 1.53 bits per heavy atom. The lowest BCUT2D eigenvalue weighted by Crippen LogP contribution is -2.11. The van der Waals surface area contributed by atoms with E-state index >= 15 is 0 Å². The van der Waals surface area contributed by atoms with Crippen LogP contribution in [0.5, 0.6) is 0 Å². The number of fused-ring (bicyclic) bond motifs is 1. The summed E-state index contributed by atoms with van der Waals surface area (Å²) >= 11 is 0. The lowest BCUT2D eigenvalue weighted by molar-refractivity contribution is -0.115. The molecule has 0 unspecified atom stereocenters. The SMILES string of the molecule is Bc1cc2c(c(C(=O)OC)c1)CC(=O)N2. The third-order valence-electron chi connectivity index (χ3n) is 2.41. The average molecular weight is 203 g/mol. The van der Waals surface area contributed by atoms with Crippen molar-refractivity contribution < 1.29 is 14.3 Å². The smallest absolute Gasteiger partial charge is 0.338 e. The van der Waals surface area contributed by atoms with Crippen molar-refractivity contribution in [3.63, 3.8) is 0 Å². The van der Waals surface area contributed by atoms with Crippen LogP contribution < -0.4 is 10.8 Å². The second kappa shape index (κ2) is 3.42. The molecule has 0 saturated carbocycles. The molecule has 1 aliphatic rings. The molecule has 1 heterocycles. The summed E-state index contributed by atoms with van der Waals surface area (Å²) in [6.07, 6.45) is 0.250. The number of hydrogen-bond donors (Lipinski definition) is 1. The summed E-state index contributed by atoms with van der Waals surface area (Å²) < 4.78 is 4.67. The van der Waals surface area contributed by atoms with Crippen LogP contribution in [-0.2, 0) is 16.0 Å². The van der Waals surface area contributed by atoms with Crippen LogP contribution in [-0.4, -0.2) is 26.8 Å². The average Bonchev–Trinajstić information content (AvgIpc) is 2.55. The Labute approximate surface area is 88.0 Å². The van der Waals surface area contributed by atoms with Gasteiger partial charge in [-0.05, 0) is 11.6 Å². The van der Waals surface area contributed by atoms with E-state index in [-0.39, 0.29) is 12.3 Å². The van der Waals surface area contributed by atoms with Gasteiger partial charge in [-0.2, -0.15) is 0 Å². The quantitative estimate of drug-likeness (QED) is 0.481. The van der Waals surface area contributed by atoms with E-state index in [9.17, 15) is 9.59 Å². The molecule has 2 rings (SSSR count). The number of methoxy groups -OCH3 is 1. The number of rotatable bonds is 1. The molecule has 0 spiro atoms. The van der Waals surface area contributed by atoms with Crippen LogP contribution in [0.3, 0.4) is 0 Å². The Kier molecular flexibility index (Phi) is 2.23. The van der Waals surface area contributed by atoms with Crippen LogP contribution in [0.25, 0.3) is 0 Å². The van der Waals surface area contributed by atoms with Crippen LogP contribution in [0.2, 0.25) is 0 Å². The Morgan fingerprint density at radius 3 is 2.93 bits per heavy atom. The standard InChI is InChI=1S/C10H10BNO3/c1-15-10(14)7-2-5(11)3-8-6(7)4-9(13)12-8/h2-3H,4,11H2,1H3,(H,12,13). The van der Waals surface area contributed by atoms with Gasteiger partial charge in [0.2, 0.25) is 5.91 Å². The predicted molar refractivity (Wildman–Crippen MR) is 58.3 cm³/mol. The fourth-order valence-corrected chi connectivity index (χ4v) is 1.77. The maximum absolute atomic E-state index is 11.5. The Hall–Kier alpha value is -1.78. The molecule has 5 heteroatoms. The Balaban J connectivity index is 2.56. The first-order valence-electron chi connectivity index (χ1n) is 4.63. The highest BCUT2D eigenvalue weighted by atomic mass is 16.5. The topological polar surface area (TPSA) is 55.4 Å².